The number of nitrogens with two attached hydrogens (primary N) is 1. The highest BCUT2D eigenvalue weighted by atomic mass is 15.1. The largest absolute Gasteiger partial charge is 0.399 e. The molecule has 112 valence electrons. The van der Waals surface area contributed by atoms with Crippen molar-refractivity contribution in [3.05, 3.63) is 24.0 Å². The summed E-state index contributed by atoms with van der Waals surface area (Å²) >= 11 is 0. The molecule has 2 aromatic rings. The van der Waals surface area contributed by atoms with E-state index in [9.17, 15) is 0 Å². The van der Waals surface area contributed by atoms with Crippen molar-refractivity contribution in [2.24, 2.45) is 5.92 Å². The average molecular weight is 283 g/mol. The molecule has 1 heterocycles. The van der Waals surface area contributed by atoms with Crippen LogP contribution in [0.15, 0.2) is 18.2 Å². The van der Waals surface area contributed by atoms with Crippen LogP contribution >= 0.6 is 0 Å². The fraction of sp³-hybridized carbons (Fsp3) is 0.611. The molecule has 0 unspecified atom stereocenters. The van der Waals surface area contributed by atoms with E-state index >= 15 is 0 Å². The number of nitrogen functional groups attached to an aromatic ring is 1. The zero-order valence-corrected chi connectivity index (χ0v) is 12.7. The monoisotopic (exact) mass is 283 g/mol. The van der Waals surface area contributed by atoms with Crippen LogP contribution in [0.3, 0.4) is 0 Å². The summed E-state index contributed by atoms with van der Waals surface area (Å²) in [5.74, 6) is 2.94. The zero-order valence-electron chi connectivity index (χ0n) is 12.7. The number of benzene rings is 1. The highest BCUT2D eigenvalue weighted by Gasteiger charge is 2.29. The highest BCUT2D eigenvalue weighted by Crippen LogP contribution is 2.41. The Morgan fingerprint density at radius 2 is 1.90 bits per heavy atom. The molecular weight excluding hydrogens is 258 g/mol. The Bertz CT molecular complexity index is 633. The Hall–Kier alpha value is -1.51. The van der Waals surface area contributed by atoms with Crippen LogP contribution < -0.4 is 5.73 Å². The summed E-state index contributed by atoms with van der Waals surface area (Å²) < 4.78 is 2.49. The van der Waals surface area contributed by atoms with Gasteiger partial charge in [-0.05, 0) is 43.4 Å². The third kappa shape index (κ3) is 2.66. The molecule has 0 radical (unpaired) electrons. The first-order valence-corrected chi connectivity index (χ1v) is 8.57. The minimum absolute atomic E-state index is 0.699. The van der Waals surface area contributed by atoms with Crippen LogP contribution in [0.5, 0.6) is 0 Å². The van der Waals surface area contributed by atoms with Crippen molar-refractivity contribution < 1.29 is 0 Å². The Morgan fingerprint density at radius 1 is 1.10 bits per heavy atom. The third-order valence-corrected chi connectivity index (χ3v) is 5.23. The molecule has 0 bridgehead atoms. The molecule has 21 heavy (non-hydrogen) atoms. The van der Waals surface area contributed by atoms with Crippen molar-refractivity contribution in [1.29, 1.82) is 0 Å². The Balaban J connectivity index is 1.60. The highest BCUT2D eigenvalue weighted by molar-refractivity contribution is 5.79. The molecule has 4 rings (SSSR count). The number of hydrogen-bond donors (Lipinski definition) is 1. The van der Waals surface area contributed by atoms with Crippen LogP contribution in [0.4, 0.5) is 5.69 Å². The lowest BCUT2D eigenvalue weighted by Crippen LogP contribution is -2.11. The van der Waals surface area contributed by atoms with Gasteiger partial charge in [0.05, 0.1) is 11.0 Å². The van der Waals surface area contributed by atoms with E-state index in [0.29, 0.717) is 5.92 Å². The molecular formula is C18H25N3. The molecule has 3 heteroatoms. The first-order chi connectivity index (χ1) is 10.3. The summed E-state index contributed by atoms with van der Waals surface area (Å²) in [5.41, 5.74) is 9.10. The maximum absolute atomic E-state index is 5.92. The number of fused-ring (bicyclic) bond motifs is 1. The van der Waals surface area contributed by atoms with Gasteiger partial charge in [-0.2, -0.15) is 0 Å². The molecule has 2 fully saturated rings. The summed E-state index contributed by atoms with van der Waals surface area (Å²) in [7, 11) is 0. The first kappa shape index (κ1) is 13.2. The maximum Gasteiger partial charge on any atom is 0.112 e. The Kier molecular flexibility index (Phi) is 3.36. The molecule has 0 aliphatic heterocycles. The van der Waals surface area contributed by atoms with E-state index in [1.54, 1.807) is 0 Å². The lowest BCUT2D eigenvalue weighted by molar-refractivity contribution is 0.324. The van der Waals surface area contributed by atoms with Gasteiger partial charge in [0, 0.05) is 18.2 Å². The van der Waals surface area contributed by atoms with Crippen LogP contribution in [0.1, 0.15) is 63.1 Å². The van der Waals surface area contributed by atoms with Gasteiger partial charge in [-0.15, -0.1) is 0 Å². The third-order valence-electron chi connectivity index (χ3n) is 5.23. The average Bonchev–Trinajstić information content (AvgIpc) is 3.28. The van der Waals surface area contributed by atoms with Gasteiger partial charge in [0.25, 0.3) is 0 Å². The summed E-state index contributed by atoms with van der Waals surface area (Å²) in [6.07, 6.45) is 11.1. The molecule has 2 N–H and O–H groups in total. The molecule has 0 atom stereocenters. The van der Waals surface area contributed by atoms with Gasteiger partial charge in [0.1, 0.15) is 5.82 Å². The van der Waals surface area contributed by atoms with E-state index in [4.69, 9.17) is 10.7 Å². The number of imidazole rings is 1. The number of anilines is 1. The first-order valence-electron chi connectivity index (χ1n) is 8.57. The van der Waals surface area contributed by atoms with Gasteiger partial charge in [0.15, 0.2) is 0 Å². The number of nitrogens with zero attached hydrogens (tertiary/aromatic N) is 2. The lowest BCUT2D eigenvalue weighted by Gasteiger charge is -2.22. The molecule has 0 saturated heterocycles. The SMILES string of the molecule is Nc1ccc2c(c1)nc(C1CC1)n2CCC1CCCCC1. The van der Waals surface area contributed by atoms with Crippen molar-refractivity contribution in [3.63, 3.8) is 0 Å². The lowest BCUT2D eigenvalue weighted by atomic mass is 9.87. The van der Waals surface area contributed by atoms with Gasteiger partial charge < -0.3 is 10.3 Å². The minimum atomic E-state index is 0.699. The fourth-order valence-corrected chi connectivity index (χ4v) is 3.84. The van der Waals surface area contributed by atoms with Crippen LogP contribution in [0, 0.1) is 5.92 Å². The Morgan fingerprint density at radius 3 is 2.67 bits per heavy atom. The van der Waals surface area contributed by atoms with Gasteiger partial charge in [-0.25, -0.2) is 4.98 Å². The van der Waals surface area contributed by atoms with E-state index in [1.807, 2.05) is 12.1 Å². The second kappa shape index (κ2) is 5.36. The van der Waals surface area contributed by atoms with Crippen molar-refractivity contribution in [2.45, 2.75) is 63.8 Å². The van der Waals surface area contributed by atoms with Crippen molar-refractivity contribution in [2.75, 3.05) is 5.73 Å². The van der Waals surface area contributed by atoms with Crippen molar-refractivity contribution in [3.8, 4) is 0 Å². The minimum Gasteiger partial charge on any atom is -0.399 e. The normalized spacial score (nSPS) is 20.2. The molecule has 0 amide bonds. The van der Waals surface area contributed by atoms with Crippen molar-refractivity contribution >= 4 is 16.7 Å². The van der Waals surface area contributed by atoms with Crippen LogP contribution in [-0.2, 0) is 6.54 Å². The predicted molar refractivity (Wildman–Crippen MR) is 87.3 cm³/mol. The Labute approximate surface area is 126 Å². The van der Waals surface area contributed by atoms with Crippen molar-refractivity contribution in [1.82, 2.24) is 9.55 Å². The van der Waals surface area contributed by atoms with E-state index < -0.39 is 0 Å². The van der Waals surface area contributed by atoms with Crippen LogP contribution in [-0.4, -0.2) is 9.55 Å². The number of aryl methyl sites for hydroxylation is 1. The molecule has 3 nitrogen and oxygen atoms in total. The molecule has 0 spiro atoms. The summed E-state index contributed by atoms with van der Waals surface area (Å²) in [5, 5.41) is 0. The topological polar surface area (TPSA) is 43.8 Å². The number of aromatic nitrogens is 2. The molecule has 2 aliphatic carbocycles. The second-order valence-electron chi connectivity index (χ2n) is 6.94. The van der Waals surface area contributed by atoms with E-state index in [2.05, 4.69) is 10.6 Å². The standard InChI is InChI=1S/C18H25N3/c19-15-8-9-17-16(12-15)20-18(14-6-7-14)21(17)11-10-13-4-2-1-3-5-13/h8-9,12-14H,1-7,10-11,19H2. The molecule has 2 aliphatic rings. The quantitative estimate of drug-likeness (QED) is 0.841. The van der Waals surface area contributed by atoms with Gasteiger partial charge in [-0.1, -0.05) is 32.1 Å². The summed E-state index contributed by atoms with van der Waals surface area (Å²) in [4.78, 5) is 4.88. The molecule has 2 saturated carbocycles. The second-order valence-corrected chi connectivity index (χ2v) is 6.94. The molecule has 1 aromatic heterocycles. The number of hydrogen-bond acceptors (Lipinski definition) is 2. The van der Waals surface area contributed by atoms with Gasteiger partial charge in [0.2, 0.25) is 0 Å². The maximum atomic E-state index is 5.92. The van der Waals surface area contributed by atoms with E-state index in [0.717, 1.165) is 23.7 Å². The fourth-order valence-electron chi connectivity index (χ4n) is 3.84. The predicted octanol–water partition coefficient (Wildman–Crippen LogP) is 4.47. The van der Waals surface area contributed by atoms with Gasteiger partial charge in [-0.3, -0.25) is 0 Å². The van der Waals surface area contributed by atoms with Crippen LogP contribution in [0.25, 0.3) is 11.0 Å². The smallest absolute Gasteiger partial charge is 0.112 e. The zero-order chi connectivity index (χ0) is 14.2. The van der Waals surface area contributed by atoms with Gasteiger partial charge >= 0.3 is 0 Å². The summed E-state index contributed by atoms with van der Waals surface area (Å²) in [6, 6.07) is 6.19. The number of rotatable bonds is 4. The summed E-state index contributed by atoms with van der Waals surface area (Å²) in [6.45, 7) is 1.14. The molecule has 1 aromatic carbocycles. The van der Waals surface area contributed by atoms with E-state index in [-0.39, 0.29) is 0 Å². The van der Waals surface area contributed by atoms with E-state index in [1.165, 1.54) is 62.7 Å². The van der Waals surface area contributed by atoms with Crippen LogP contribution in [0.2, 0.25) is 0 Å².